The third-order valence-corrected chi connectivity index (χ3v) is 8.51. The van der Waals surface area contributed by atoms with E-state index in [0.717, 1.165) is 24.2 Å². The van der Waals surface area contributed by atoms with Crippen LogP contribution < -0.4 is 0 Å². The zero-order valence-electron chi connectivity index (χ0n) is 14.7. The molecule has 0 aromatic carbocycles. The molecule has 0 amide bonds. The summed E-state index contributed by atoms with van der Waals surface area (Å²) < 4.78 is 0. The number of rotatable bonds is 1. The van der Waals surface area contributed by atoms with E-state index in [4.69, 9.17) is 0 Å². The highest BCUT2D eigenvalue weighted by Crippen LogP contribution is 2.66. The Balaban J connectivity index is 1.68. The van der Waals surface area contributed by atoms with Crippen molar-refractivity contribution in [1.29, 1.82) is 0 Å². The van der Waals surface area contributed by atoms with E-state index in [2.05, 4.69) is 19.9 Å². The van der Waals surface area contributed by atoms with E-state index in [-0.39, 0.29) is 0 Å². The first-order valence-electron chi connectivity index (χ1n) is 9.67. The van der Waals surface area contributed by atoms with Crippen molar-refractivity contribution in [3.63, 3.8) is 0 Å². The normalized spacial score (nSPS) is 50.6. The number of Topliss-reactive ketones (excluding diaryl/α,β-unsaturated/α-hetero) is 1. The molecule has 0 saturated heterocycles. The SMILES string of the molecule is CC(=O)[C@@H]1CC[C@H]2[C@@H]3CC=C4CCCC[C@]4(C)[C@H]3CC[C@]12C. The molecule has 22 heavy (non-hydrogen) atoms. The van der Waals surface area contributed by atoms with E-state index < -0.39 is 0 Å². The van der Waals surface area contributed by atoms with Crippen LogP contribution in [0.4, 0.5) is 0 Å². The first kappa shape index (κ1) is 15.0. The van der Waals surface area contributed by atoms with Crippen molar-refractivity contribution in [1.82, 2.24) is 0 Å². The lowest BCUT2D eigenvalue weighted by molar-refractivity contribution is -0.127. The Morgan fingerprint density at radius 3 is 2.68 bits per heavy atom. The van der Waals surface area contributed by atoms with Crippen LogP contribution >= 0.6 is 0 Å². The van der Waals surface area contributed by atoms with Gasteiger partial charge in [-0.2, -0.15) is 0 Å². The van der Waals surface area contributed by atoms with E-state index in [1.165, 1.54) is 51.4 Å². The highest BCUT2D eigenvalue weighted by molar-refractivity contribution is 5.79. The molecule has 0 heterocycles. The Hall–Kier alpha value is -0.590. The summed E-state index contributed by atoms with van der Waals surface area (Å²) in [5.41, 5.74) is 2.60. The second-order valence-electron chi connectivity index (χ2n) is 9.25. The van der Waals surface area contributed by atoms with Gasteiger partial charge in [0.15, 0.2) is 0 Å². The van der Waals surface area contributed by atoms with Gasteiger partial charge >= 0.3 is 0 Å². The summed E-state index contributed by atoms with van der Waals surface area (Å²) in [6.07, 6.45) is 14.7. The second kappa shape index (κ2) is 4.95. The van der Waals surface area contributed by atoms with Gasteiger partial charge in [-0.25, -0.2) is 0 Å². The Bertz CT molecular complexity index is 518. The zero-order chi connectivity index (χ0) is 15.5. The Kier molecular flexibility index (Phi) is 3.37. The minimum atomic E-state index is 0.309. The minimum Gasteiger partial charge on any atom is -0.300 e. The van der Waals surface area contributed by atoms with Gasteiger partial charge < -0.3 is 0 Å². The highest BCUT2D eigenvalue weighted by atomic mass is 16.1. The largest absolute Gasteiger partial charge is 0.300 e. The van der Waals surface area contributed by atoms with Crippen LogP contribution in [0.15, 0.2) is 11.6 Å². The van der Waals surface area contributed by atoms with Gasteiger partial charge in [0.2, 0.25) is 0 Å². The van der Waals surface area contributed by atoms with Crippen LogP contribution in [0.2, 0.25) is 0 Å². The van der Waals surface area contributed by atoms with E-state index in [0.29, 0.717) is 22.5 Å². The van der Waals surface area contributed by atoms with Gasteiger partial charge in [0.1, 0.15) is 5.78 Å². The van der Waals surface area contributed by atoms with Gasteiger partial charge in [-0.05, 0) is 86.9 Å². The third-order valence-electron chi connectivity index (χ3n) is 8.51. The van der Waals surface area contributed by atoms with Crippen LogP contribution in [-0.4, -0.2) is 5.78 Å². The van der Waals surface area contributed by atoms with Crippen molar-refractivity contribution in [2.24, 2.45) is 34.5 Å². The molecule has 3 saturated carbocycles. The van der Waals surface area contributed by atoms with Gasteiger partial charge in [0, 0.05) is 5.92 Å². The van der Waals surface area contributed by atoms with E-state index >= 15 is 0 Å². The van der Waals surface area contributed by atoms with Crippen LogP contribution in [0.3, 0.4) is 0 Å². The zero-order valence-corrected chi connectivity index (χ0v) is 14.7. The Morgan fingerprint density at radius 1 is 1.09 bits per heavy atom. The summed E-state index contributed by atoms with van der Waals surface area (Å²) >= 11 is 0. The first-order valence-corrected chi connectivity index (χ1v) is 9.67. The summed E-state index contributed by atoms with van der Waals surface area (Å²) in [5.74, 6) is 3.37. The summed E-state index contributed by atoms with van der Waals surface area (Å²) in [5, 5.41) is 0. The molecule has 0 aromatic heterocycles. The van der Waals surface area contributed by atoms with Crippen LogP contribution in [0.25, 0.3) is 0 Å². The lowest BCUT2D eigenvalue weighted by Gasteiger charge is -2.57. The second-order valence-corrected chi connectivity index (χ2v) is 9.25. The average molecular weight is 300 g/mol. The van der Waals surface area contributed by atoms with Gasteiger partial charge in [0.05, 0.1) is 0 Å². The maximum absolute atomic E-state index is 12.1. The molecule has 1 nitrogen and oxygen atoms in total. The lowest BCUT2D eigenvalue weighted by Crippen LogP contribution is -2.50. The third kappa shape index (κ3) is 1.86. The molecule has 4 rings (SSSR count). The van der Waals surface area contributed by atoms with Crippen LogP contribution in [-0.2, 0) is 4.79 Å². The topological polar surface area (TPSA) is 17.1 Å². The molecule has 0 aromatic rings. The molecule has 122 valence electrons. The fourth-order valence-electron chi connectivity index (χ4n) is 7.37. The summed E-state index contributed by atoms with van der Waals surface area (Å²) in [6, 6.07) is 0. The molecule has 0 radical (unpaired) electrons. The maximum Gasteiger partial charge on any atom is 0.133 e. The quantitative estimate of drug-likeness (QED) is 0.581. The van der Waals surface area contributed by atoms with Crippen LogP contribution in [0.5, 0.6) is 0 Å². The monoisotopic (exact) mass is 300 g/mol. The smallest absolute Gasteiger partial charge is 0.133 e. The molecule has 0 unspecified atom stereocenters. The molecule has 0 N–H and O–H groups in total. The standard InChI is InChI=1S/C21H32O/c1-14(22)17-9-10-18-16-8-7-15-6-4-5-12-20(15,2)19(16)11-13-21(17,18)3/h7,16-19H,4-6,8-13H2,1-3H3/t16-,17-,18-,19-,20-,21+/m0/s1. The van der Waals surface area contributed by atoms with Crippen LogP contribution in [0.1, 0.15) is 78.6 Å². The first-order chi connectivity index (χ1) is 10.5. The molecule has 6 atom stereocenters. The van der Waals surface area contributed by atoms with Crippen molar-refractivity contribution in [3.05, 3.63) is 11.6 Å². The van der Waals surface area contributed by atoms with E-state index in [9.17, 15) is 4.79 Å². The Morgan fingerprint density at radius 2 is 1.91 bits per heavy atom. The average Bonchev–Trinajstić information content (AvgIpc) is 2.84. The number of ketones is 1. The number of allylic oxidation sites excluding steroid dienone is 2. The van der Waals surface area contributed by atoms with Gasteiger partial charge in [0.25, 0.3) is 0 Å². The van der Waals surface area contributed by atoms with E-state index in [1.54, 1.807) is 5.57 Å². The summed E-state index contributed by atoms with van der Waals surface area (Å²) in [6.45, 7) is 6.87. The molecule has 4 aliphatic rings. The number of hydrogen-bond donors (Lipinski definition) is 0. The minimum absolute atomic E-state index is 0.309. The molecular weight excluding hydrogens is 268 g/mol. The summed E-state index contributed by atoms with van der Waals surface area (Å²) in [4.78, 5) is 12.1. The van der Waals surface area contributed by atoms with Crippen molar-refractivity contribution in [2.45, 2.75) is 78.6 Å². The molecule has 0 bridgehead atoms. The predicted molar refractivity (Wildman–Crippen MR) is 90.5 cm³/mol. The van der Waals surface area contributed by atoms with Gasteiger partial charge in [-0.1, -0.05) is 31.9 Å². The maximum atomic E-state index is 12.1. The van der Waals surface area contributed by atoms with Crippen molar-refractivity contribution >= 4 is 5.78 Å². The fraction of sp³-hybridized carbons (Fsp3) is 0.857. The lowest BCUT2D eigenvalue weighted by atomic mass is 9.47. The number of fused-ring (bicyclic) bond motifs is 5. The number of hydrogen-bond acceptors (Lipinski definition) is 1. The number of carbonyl (C=O) groups excluding carboxylic acids is 1. The van der Waals surface area contributed by atoms with Crippen molar-refractivity contribution in [2.75, 3.05) is 0 Å². The number of carbonyl (C=O) groups is 1. The van der Waals surface area contributed by atoms with Gasteiger partial charge in [-0.3, -0.25) is 4.79 Å². The molecule has 0 aliphatic heterocycles. The molecule has 0 spiro atoms. The summed E-state index contributed by atoms with van der Waals surface area (Å²) in [7, 11) is 0. The molecule has 3 fully saturated rings. The molecule has 1 heteroatoms. The molecular formula is C21H32O. The van der Waals surface area contributed by atoms with Gasteiger partial charge in [-0.15, -0.1) is 0 Å². The van der Waals surface area contributed by atoms with Crippen molar-refractivity contribution in [3.8, 4) is 0 Å². The highest BCUT2D eigenvalue weighted by Gasteiger charge is 2.58. The Labute approximate surface area is 135 Å². The predicted octanol–water partition coefficient (Wildman–Crippen LogP) is 5.54. The fourth-order valence-corrected chi connectivity index (χ4v) is 7.37. The van der Waals surface area contributed by atoms with E-state index in [1.807, 2.05) is 6.92 Å². The van der Waals surface area contributed by atoms with Crippen molar-refractivity contribution < 1.29 is 4.79 Å². The van der Waals surface area contributed by atoms with Crippen LogP contribution in [0, 0.1) is 34.5 Å². The molecule has 4 aliphatic carbocycles.